The summed E-state index contributed by atoms with van der Waals surface area (Å²) in [4.78, 5) is 0. The van der Waals surface area contributed by atoms with Crippen molar-refractivity contribution in [2.75, 3.05) is 0 Å². The normalized spacial score (nSPS) is 46.1. The molecule has 0 aliphatic heterocycles. The Hall–Kier alpha value is -1.05. The van der Waals surface area contributed by atoms with Crippen LogP contribution in [0.2, 0.25) is 0 Å². The summed E-state index contributed by atoms with van der Waals surface area (Å²) in [6, 6.07) is 2.14. The number of hydrogen-bond donors (Lipinski definition) is 0. The highest BCUT2D eigenvalue weighted by Crippen LogP contribution is 2.74. The molecular weight excluding hydrogens is 268 g/mol. The third-order valence-electron chi connectivity index (χ3n) is 6.80. The molecule has 1 aromatic heterocycles. The summed E-state index contributed by atoms with van der Waals surface area (Å²) >= 11 is 0. The second-order valence-corrected chi connectivity index (χ2v) is 9.81. The Labute approximate surface area is 135 Å². The lowest BCUT2D eigenvalue weighted by Crippen LogP contribution is -2.60. The highest BCUT2D eigenvalue weighted by molar-refractivity contribution is 5.16. The molecule has 4 aliphatic rings. The summed E-state index contributed by atoms with van der Waals surface area (Å²) in [6.07, 6.45) is 13.8. The minimum Gasteiger partial charge on any atom is -0.269 e. The molecule has 1 aromatic rings. The molecule has 22 heavy (non-hydrogen) atoms. The fraction of sp³-hybridized carbons (Fsp3) is 0.750. The monoisotopic (exact) mass is 298 g/mol. The zero-order valence-electron chi connectivity index (χ0n) is 14.5. The van der Waals surface area contributed by atoms with E-state index in [-0.39, 0.29) is 0 Å². The highest BCUT2D eigenvalue weighted by atomic mass is 15.3. The van der Waals surface area contributed by atoms with Gasteiger partial charge in [-0.25, -0.2) is 0 Å². The van der Waals surface area contributed by atoms with Gasteiger partial charge in [0.25, 0.3) is 0 Å². The van der Waals surface area contributed by atoms with Crippen LogP contribution in [-0.4, -0.2) is 9.78 Å². The summed E-state index contributed by atoms with van der Waals surface area (Å²) in [5.41, 5.74) is 3.35. The van der Waals surface area contributed by atoms with Gasteiger partial charge in [0.05, 0.1) is 0 Å². The predicted octanol–water partition coefficient (Wildman–Crippen LogP) is 5.13. The summed E-state index contributed by atoms with van der Waals surface area (Å²) in [6.45, 7) is 12.5. The predicted molar refractivity (Wildman–Crippen MR) is 90.6 cm³/mol. The molecule has 0 radical (unpaired) electrons. The van der Waals surface area contributed by atoms with Gasteiger partial charge < -0.3 is 0 Å². The molecule has 2 heteroatoms. The maximum absolute atomic E-state index is 4.60. The lowest BCUT2D eigenvalue weighted by molar-refractivity contribution is -0.194. The Bertz CT molecular complexity index is 593. The maximum Gasteiger partial charge on any atom is 0.0492 e. The standard InChI is InChI=1S/C20H30N2/c1-5-7-19-10-17(3)9-18(4,11-19)13-20(12-17,14-19)15-22-16(2)6-8-21-22/h5-6,8H,1,7,9-15H2,2-4H3. The lowest BCUT2D eigenvalue weighted by atomic mass is 9.35. The molecule has 2 unspecified atom stereocenters. The van der Waals surface area contributed by atoms with Gasteiger partial charge in [0.15, 0.2) is 0 Å². The first-order chi connectivity index (χ1) is 10.3. The Morgan fingerprint density at radius 3 is 2.27 bits per heavy atom. The van der Waals surface area contributed by atoms with Crippen LogP contribution in [0.25, 0.3) is 0 Å². The van der Waals surface area contributed by atoms with Gasteiger partial charge in [-0.15, -0.1) is 6.58 Å². The molecule has 0 amide bonds. The van der Waals surface area contributed by atoms with Crippen LogP contribution in [0.15, 0.2) is 24.9 Å². The van der Waals surface area contributed by atoms with E-state index in [1.165, 1.54) is 50.6 Å². The first-order valence-electron chi connectivity index (χ1n) is 8.89. The van der Waals surface area contributed by atoms with E-state index < -0.39 is 0 Å². The number of aromatic nitrogens is 2. The van der Waals surface area contributed by atoms with Crippen LogP contribution in [0, 0.1) is 28.6 Å². The van der Waals surface area contributed by atoms with E-state index in [9.17, 15) is 0 Å². The fourth-order valence-corrected chi connectivity index (χ4v) is 7.77. The van der Waals surface area contributed by atoms with E-state index >= 15 is 0 Å². The molecule has 2 atom stereocenters. The zero-order chi connectivity index (χ0) is 15.6. The molecular formula is C20H30N2. The summed E-state index contributed by atoms with van der Waals surface area (Å²) in [7, 11) is 0. The first kappa shape index (κ1) is 14.5. The van der Waals surface area contributed by atoms with Crippen molar-refractivity contribution in [3.8, 4) is 0 Å². The molecule has 0 saturated heterocycles. The van der Waals surface area contributed by atoms with Crippen LogP contribution in [0.5, 0.6) is 0 Å². The molecule has 0 spiro atoms. The van der Waals surface area contributed by atoms with E-state index in [0.717, 1.165) is 6.54 Å². The third kappa shape index (κ3) is 2.10. The fourth-order valence-electron chi connectivity index (χ4n) is 7.77. The molecule has 4 fully saturated rings. The number of hydrogen-bond acceptors (Lipinski definition) is 1. The minimum absolute atomic E-state index is 0.456. The number of nitrogens with zero attached hydrogens (tertiary/aromatic N) is 2. The maximum atomic E-state index is 4.60. The van der Waals surface area contributed by atoms with Crippen LogP contribution < -0.4 is 0 Å². The van der Waals surface area contributed by atoms with E-state index in [1.54, 1.807) is 0 Å². The summed E-state index contributed by atoms with van der Waals surface area (Å²) in [5, 5.41) is 4.60. The van der Waals surface area contributed by atoms with Crippen LogP contribution >= 0.6 is 0 Å². The van der Waals surface area contributed by atoms with Crippen LogP contribution in [0.1, 0.15) is 64.5 Å². The molecule has 1 heterocycles. The van der Waals surface area contributed by atoms with Crippen molar-refractivity contribution in [2.45, 2.75) is 72.3 Å². The largest absolute Gasteiger partial charge is 0.269 e. The molecule has 4 saturated carbocycles. The quantitative estimate of drug-likeness (QED) is 0.704. The van der Waals surface area contributed by atoms with E-state index in [1.807, 2.05) is 6.20 Å². The van der Waals surface area contributed by atoms with Crippen LogP contribution in [0.4, 0.5) is 0 Å². The van der Waals surface area contributed by atoms with Crippen molar-refractivity contribution in [3.05, 3.63) is 30.6 Å². The van der Waals surface area contributed by atoms with E-state index in [0.29, 0.717) is 21.7 Å². The molecule has 0 N–H and O–H groups in total. The van der Waals surface area contributed by atoms with Crippen LogP contribution in [0.3, 0.4) is 0 Å². The smallest absolute Gasteiger partial charge is 0.0492 e. The average Bonchev–Trinajstić information content (AvgIpc) is 2.69. The molecule has 4 aliphatic carbocycles. The second-order valence-electron chi connectivity index (χ2n) is 9.81. The number of rotatable bonds is 4. The van der Waals surface area contributed by atoms with Gasteiger partial charge in [0.1, 0.15) is 0 Å². The molecule has 2 nitrogen and oxygen atoms in total. The van der Waals surface area contributed by atoms with Gasteiger partial charge in [-0.3, -0.25) is 4.68 Å². The first-order valence-corrected chi connectivity index (χ1v) is 8.89. The summed E-state index contributed by atoms with van der Waals surface area (Å²) in [5.74, 6) is 0. The Morgan fingerprint density at radius 1 is 1.09 bits per heavy atom. The van der Waals surface area contributed by atoms with E-state index in [4.69, 9.17) is 0 Å². The molecule has 5 rings (SSSR count). The van der Waals surface area contributed by atoms with Crippen molar-refractivity contribution in [1.82, 2.24) is 9.78 Å². The number of allylic oxidation sites excluding steroid dienone is 1. The van der Waals surface area contributed by atoms with E-state index in [2.05, 4.69) is 49.3 Å². The van der Waals surface area contributed by atoms with Gasteiger partial charge in [-0.1, -0.05) is 19.9 Å². The highest BCUT2D eigenvalue weighted by Gasteiger charge is 2.64. The molecule has 120 valence electrons. The van der Waals surface area contributed by atoms with Crippen molar-refractivity contribution in [3.63, 3.8) is 0 Å². The van der Waals surface area contributed by atoms with Gasteiger partial charge in [0, 0.05) is 18.4 Å². The summed E-state index contributed by atoms with van der Waals surface area (Å²) < 4.78 is 2.27. The Kier molecular flexibility index (Phi) is 2.82. The van der Waals surface area contributed by atoms with Crippen molar-refractivity contribution >= 4 is 0 Å². The third-order valence-corrected chi connectivity index (χ3v) is 6.80. The lowest BCUT2D eigenvalue weighted by Gasteiger charge is -2.70. The SMILES string of the molecule is C=CCC12CC3(C)CC(C)(C1)CC(Cn1nccc1C)(C3)C2. The van der Waals surface area contributed by atoms with Crippen LogP contribution in [-0.2, 0) is 6.54 Å². The van der Waals surface area contributed by atoms with Crippen molar-refractivity contribution in [2.24, 2.45) is 21.7 Å². The topological polar surface area (TPSA) is 17.8 Å². The van der Waals surface area contributed by atoms with Crippen molar-refractivity contribution < 1.29 is 0 Å². The molecule has 0 aromatic carbocycles. The van der Waals surface area contributed by atoms with Gasteiger partial charge >= 0.3 is 0 Å². The van der Waals surface area contributed by atoms with Gasteiger partial charge in [-0.2, -0.15) is 5.10 Å². The Morgan fingerprint density at radius 2 is 1.73 bits per heavy atom. The Balaban J connectivity index is 1.74. The second kappa shape index (κ2) is 4.27. The van der Waals surface area contributed by atoms with Crippen molar-refractivity contribution in [1.29, 1.82) is 0 Å². The zero-order valence-corrected chi connectivity index (χ0v) is 14.5. The number of aryl methyl sites for hydroxylation is 1. The van der Waals surface area contributed by atoms with Gasteiger partial charge in [-0.05, 0) is 79.6 Å². The van der Waals surface area contributed by atoms with Gasteiger partial charge in [0.2, 0.25) is 0 Å². The minimum atomic E-state index is 0.456. The average molecular weight is 298 g/mol. The molecule has 4 bridgehead atoms.